The molecule has 2 aromatic rings. The number of fused-ring (bicyclic) bond motifs is 1. The van der Waals surface area contributed by atoms with E-state index in [2.05, 4.69) is 0 Å². The summed E-state index contributed by atoms with van der Waals surface area (Å²) in [5.41, 5.74) is 3.31. The maximum absolute atomic E-state index is 9.78. The summed E-state index contributed by atoms with van der Waals surface area (Å²) in [6, 6.07) is 13.8. The van der Waals surface area contributed by atoms with Crippen LogP contribution < -0.4 is 9.47 Å². The lowest BCUT2D eigenvalue weighted by Crippen LogP contribution is -1.97. The van der Waals surface area contributed by atoms with Crippen LogP contribution in [0.2, 0.25) is 0 Å². The van der Waals surface area contributed by atoms with Gasteiger partial charge in [0.05, 0.1) is 13.2 Å². The standard InChI is InChI=1S/C17H18O3/c1-19-14-4-2-3-12(9-14)11-20-15-6-7-16-13(10-15)5-8-17(16)18/h2-4,6-7,9-10,17-18H,5,8,11H2,1H3. The molecule has 1 atom stereocenters. The lowest BCUT2D eigenvalue weighted by atomic mass is 10.1. The average Bonchev–Trinajstić information content (AvgIpc) is 2.86. The molecule has 1 aliphatic carbocycles. The van der Waals surface area contributed by atoms with Gasteiger partial charge in [-0.15, -0.1) is 0 Å². The molecule has 1 N–H and O–H groups in total. The van der Waals surface area contributed by atoms with Crippen LogP contribution in [0.15, 0.2) is 42.5 Å². The van der Waals surface area contributed by atoms with Gasteiger partial charge < -0.3 is 14.6 Å². The Morgan fingerprint density at radius 2 is 2.05 bits per heavy atom. The van der Waals surface area contributed by atoms with Gasteiger partial charge in [-0.2, -0.15) is 0 Å². The number of methoxy groups -OCH3 is 1. The number of aliphatic hydroxyl groups excluding tert-OH is 1. The van der Waals surface area contributed by atoms with Crippen molar-refractivity contribution in [3.8, 4) is 11.5 Å². The van der Waals surface area contributed by atoms with Crippen molar-refractivity contribution in [2.75, 3.05) is 7.11 Å². The first-order chi connectivity index (χ1) is 9.76. The molecule has 0 saturated carbocycles. The van der Waals surface area contributed by atoms with Gasteiger partial charge in [-0.1, -0.05) is 18.2 Å². The molecule has 0 heterocycles. The molecule has 0 fully saturated rings. The normalized spacial score (nSPS) is 16.8. The Labute approximate surface area is 118 Å². The largest absolute Gasteiger partial charge is 0.497 e. The first-order valence-electron chi connectivity index (χ1n) is 6.83. The third-order valence-electron chi connectivity index (χ3n) is 3.70. The summed E-state index contributed by atoms with van der Waals surface area (Å²) in [5.74, 6) is 1.68. The van der Waals surface area contributed by atoms with Crippen LogP contribution >= 0.6 is 0 Å². The van der Waals surface area contributed by atoms with Gasteiger partial charge in [0.15, 0.2) is 0 Å². The van der Waals surface area contributed by atoms with Crippen LogP contribution in [-0.2, 0) is 13.0 Å². The molecule has 3 nitrogen and oxygen atoms in total. The first kappa shape index (κ1) is 13.0. The van der Waals surface area contributed by atoms with E-state index in [1.54, 1.807) is 7.11 Å². The molecule has 0 aliphatic heterocycles. The predicted molar refractivity (Wildman–Crippen MR) is 77.0 cm³/mol. The second-order valence-electron chi connectivity index (χ2n) is 5.06. The zero-order chi connectivity index (χ0) is 13.9. The van der Waals surface area contributed by atoms with Crippen LogP contribution in [0.5, 0.6) is 11.5 Å². The van der Waals surface area contributed by atoms with Gasteiger partial charge in [-0.25, -0.2) is 0 Å². The van der Waals surface area contributed by atoms with E-state index in [1.807, 2.05) is 42.5 Å². The van der Waals surface area contributed by atoms with E-state index in [9.17, 15) is 5.11 Å². The van der Waals surface area contributed by atoms with Crippen molar-refractivity contribution in [2.45, 2.75) is 25.6 Å². The molecule has 0 saturated heterocycles. The van der Waals surface area contributed by atoms with Crippen LogP contribution in [0.25, 0.3) is 0 Å². The Balaban J connectivity index is 1.69. The van der Waals surface area contributed by atoms with Crippen molar-refractivity contribution in [1.82, 2.24) is 0 Å². The quantitative estimate of drug-likeness (QED) is 0.926. The predicted octanol–water partition coefficient (Wildman–Crippen LogP) is 3.25. The molecule has 0 amide bonds. The minimum absolute atomic E-state index is 0.308. The SMILES string of the molecule is COc1cccc(COc2ccc3c(c2)CCC3O)c1. The monoisotopic (exact) mass is 270 g/mol. The number of aryl methyl sites for hydroxylation is 1. The molecular formula is C17H18O3. The van der Waals surface area contributed by atoms with E-state index in [0.29, 0.717) is 6.61 Å². The zero-order valence-electron chi connectivity index (χ0n) is 11.5. The Morgan fingerprint density at radius 3 is 2.90 bits per heavy atom. The van der Waals surface area contributed by atoms with Gasteiger partial charge in [-0.05, 0) is 53.8 Å². The summed E-state index contributed by atoms with van der Waals surface area (Å²) in [6.07, 6.45) is 1.43. The molecule has 20 heavy (non-hydrogen) atoms. The second kappa shape index (κ2) is 5.55. The summed E-state index contributed by atoms with van der Waals surface area (Å²) < 4.78 is 11.0. The van der Waals surface area contributed by atoms with Crippen molar-refractivity contribution in [1.29, 1.82) is 0 Å². The van der Waals surface area contributed by atoms with Crippen LogP contribution in [0.4, 0.5) is 0 Å². The van der Waals surface area contributed by atoms with Crippen LogP contribution in [0, 0.1) is 0 Å². The minimum atomic E-state index is -0.308. The second-order valence-corrected chi connectivity index (χ2v) is 5.06. The molecule has 3 heteroatoms. The van der Waals surface area contributed by atoms with Gasteiger partial charge in [0.25, 0.3) is 0 Å². The molecule has 1 aliphatic rings. The molecule has 0 aromatic heterocycles. The van der Waals surface area contributed by atoms with Crippen LogP contribution in [-0.4, -0.2) is 12.2 Å². The van der Waals surface area contributed by atoms with Crippen molar-refractivity contribution in [3.05, 3.63) is 59.2 Å². The summed E-state index contributed by atoms with van der Waals surface area (Å²) >= 11 is 0. The lowest BCUT2D eigenvalue weighted by molar-refractivity contribution is 0.180. The number of aliphatic hydroxyl groups is 1. The van der Waals surface area contributed by atoms with E-state index in [4.69, 9.17) is 9.47 Å². The third-order valence-corrected chi connectivity index (χ3v) is 3.70. The Kier molecular flexibility index (Phi) is 3.61. The Hall–Kier alpha value is -2.00. The zero-order valence-corrected chi connectivity index (χ0v) is 11.5. The van der Waals surface area contributed by atoms with Crippen molar-refractivity contribution in [3.63, 3.8) is 0 Å². The van der Waals surface area contributed by atoms with E-state index in [0.717, 1.165) is 35.5 Å². The van der Waals surface area contributed by atoms with Crippen molar-refractivity contribution >= 4 is 0 Å². The fourth-order valence-electron chi connectivity index (χ4n) is 2.59. The first-order valence-corrected chi connectivity index (χ1v) is 6.83. The van der Waals surface area contributed by atoms with Gasteiger partial charge in [-0.3, -0.25) is 0 Å². The topological polar surface area (TPSA) is 38.7 Å². The maximum atomic E-state index is 9.78. The van der Waals surface area contributed by atoms with Crippen LogP contribution in [0.1, 0.15) is 29.2 Å². The van der Waals surface area contributed by atoms with Crippen LogP contribution in [0.3, 0.4) is 0 Å². The highest BCUT2D eigenvalue weighted by atomic mass is 16.5. The fraction of sp³-hybridized carbons (Fsp3) is 0.294. The third kappa shape index (κ3) is 2.63. The summed E-state index contributed by atoms with van der Waals surface area (Å²) in [5, 5.41) is 9.78. The molecule has 0 radical (unpaired) electrons. The van der Waals surface area contributed by atoms with Crippen molar-refractivity contribution < 1.29 is 14.6 Å². The molecule has 2 aromatic carbocycles. The number of ether oxygens (including phenoxy) is 2. The molecular weight excluding hydrogens is 252 g/mol. The number of benzene rings is 2. The van der Waals surface area contributed by atoms with Gasteiger partial charge in [0.1, 0.15) is 18.1 Å². The number of hydrogen-bond donors (Lipinski definition) is 1. The van der Waals surface area contributed by atoms with Gasteiger partial charge >= 0.3 is 0 Å². The highest BCUT2D eigenvalue weighted by Crippen LogP contribution is 2.33. The number of hydrogen-bond acceptors (Lipinski definition) is 3. The van der Waals surface area contributed by atoms with E-state index in [-0.39, 0.29) is 6.10 Å². The minimum Gasteiger partial charge on any atom is -0.497 e. The van der Waals surface area contributed by atoms with Crippen molar-refractivity contribution in [2.24, 2.45) is 0 Å². The maximum Gasteiger partial charge on any atom is 0.120 e. The Morgan fingerprint density at radius 1 is 1.15 bits per heavy atom. The lowest BCUT2D eigenvalue weighted by Gasteiger charge is -2.10. The molecule has 0 spiro atoms. The van der Waals surface area contributed by atoms with E-state index < -0.39 is 0 Å². The van der Waals surface area contributed by atoms with E-state index >= 15 is 0 Å². The van der Waals surface area contributed by atoms with Gasteiger partial charge in [0, 0.05) is 0 Å². The summed E-state index contributed by atoms with van der Waals surface area (Å²) in [4.78, 5) is 0. The fourth-order valence-corrected chi connectivity index (χ4v) is 2.59. The summed E-state index contributed by atoms with van der Waals surface area (Å²) in [6.45, 7) is 0.512. The van der Waals surface area contributed by atoms with E-state index in [1.165, 1.54) is 5.56 Å². The Bertz CT molecular complexity index is 607. The highest BCUT2D eigenvalue weighted by Gasteiger charge is 2.20. The number of rotatable bonds is 4. The molecule has 104 valence electrons. The molecule has 3 rings (SSSR count). The summed E-state index contributed by atoms with van der Waals surface area (Å²) in [7, 11) is 1.66. The molecule has 1 unspecified atom stereocenters. The molecule has 0 bridgehead atoms. The smallest absolute Gasteiger partial charge is 0.120 e. The highest BCUT2D eigenvalue weighted by molar-refractivity contribution is 5.40. The average molecular weight is 270 g/mol. The van der Waals surface area contributed by atoms with Gasteiger partial charge in [0.2, 0.25) is 0 Å².